The molecule has 0 saturated heterocycles. The summed E-state index contributed by atoms with van der Waals surface area (Å²) in [6.07, 6.45) is 5.66. The molecule has 2 N–H and O–H groups in total. The number of nitrogens with one attached hydrogen (secondary N) is 2. The number of hydrogen-bond donors (Lipinski definition) is 2. The number of para-hydroxylation sites is 1. The van der Waals surface area contributed by atoms with Gasteiger partial charge < -0.3 is 10.6 Å². The Balaban J connectivity index is 1.78. The van der Waals surface area contributed by atoms with Gasteiger partial charge in [-0.3, -0.25) is 4.79 Å². The number of allylic oxidation sites excluding steroid dienone is 2. The number of rotatable bonds is 3. The molecule has 128 valence electrons. The van der Waals surface area contributed by atoms with Gasteiger partial charge >= 0.3 is 0 Å². The summed E-state index contributed by atoms with van der Waals surface area (Å²) in [5.41, 5.74) is 4.25. The molecular weight excluding hydrogens is 308 g/mol. The van der Waals surface area contributed by atoms with Crippen molar-refractivity contribution in [3.05, 3.63) is 77.4 Å². The van der Waals surface area contributed by atoms with Crippen LogP contribution in [0.25, 0.3) is 0 Å². The van der Waals surface area contributed by atoms with E-state index in [9.17, 15) is 4.79 Å². The summed E-state index contributed by atoms with van der Waals surface area (Å²) in [5.74, 6) is 0.859. The van der Waals surface area contributed by atoms with Gasteiger partial charge in [-0.05, 0) is 43.4 Å². The molecule has 3 nitrogen and oxygen atoms in total. The summed E-state index contributed by atoms with van der Waals surface area (Å²) in [6, 6.07) is 17.0. The van der Waals surface area contributed by atoms with Gasteiger partial charge in [-0.25, -0.2) is 0 Å². The molecule has 1 aliphatic heterocycles. The van der Waals surface area contributed by atoms with Crippen molar-refractivity contribution < 1.29 is 4.79 Å². The molecule has 0 spiro atoms. The number of fused-ring (bicyclic) bond motifs is 3. The molecular formula is C22H24N2O. The maximum atomic E-state index is 12.7. The van der Waals surface area contributed by atoms with Crippen molar-refractivity contribution in [2.45, 2.75) is 38.3 Å². The fourth-order valence-corrected chi connectivity index (χ4v) is 4.14. The van der Waals surface area contributed by atoms with Crippen LogP contribution in [0.15, 0.2) is 60.7 Å². The number of hydrogen-bond acceptors (Lipinski definition) is 2. The lowest BCUT2D eigenvalue weighted by Gasteiger charge is -2.38. The highest BCUT2D eigenvalue weighted by atomic mass is 16.1. The maximum absolute atomic E-state index is 12.7. The first-order valence-corrected chi connectivity index (χ1v) is 9.07. The highest BCUT2D eigenvalue weighted by molar-refractivity contribution is 6.01. The lowest BCUT2D eigenvalue weighted by Crippen LogP contribution is -2.34. The molecule has 2 aromatic rings. The molecule has 3 unspecified atom stereocenters. The second kappa shape index (κ2) is 6.40. The summed E-state index contributed by atoms with van der Waals surface area (Å²) >= 11 is 0. The second-order valence-electron chi connectivity index (χ2n) is 7.28. The molecule has 25 heavy (non-hydrogen) atoms. The summed E-state index contributed by atoms with van der Waals surface area (Å²) in [7, 11) is 0. The van der Waals surface area contributed by atoms with E-state index in [4.69, 9.17) is 0 Å². The van der Waals surface area contributed by atoms with Crippen molar-refractivity contribution in [3.63, 3.8) is 0 Å². The Morgan fingerprint density at radius 3 is 2.68 bits per heavy atom. The van der Waals surface area contributed by atoms with E-state index >= 15 is 0 Å². The normalized spacial score (nSPS) is 23.7. The third-order valence-electron chi connectivity index (χ3n) is 5.22. The Bertz CT molecular complexity index is 810. The molecule has 4 rings (SSSR count). The van der Waals surface area contributed by atoms with Gasteiger partial charge in [0.2, 0.25) is 0 Å². The van der Waals surface area contributed by atoms with E-state index in [1.165, 1.54) is 11.1 Å². The van der Waals surface area contributed by atoms with Crippen molar-refractivity contribution in [1.82, 2.24) is 5.32 Å². The fourth-order valence-electron chi connectivity index (χ4n) is 4.14. The van der Waals surface area contributed by atoms with Crippen LogP contribution in [0.4, 0.5) is 5.69 Å². The van der Waals surface area contributed by atoms with Gasteiger partial charge in [-0.2, -0.15) is 0 Å². The van der Waals surface area contributed by atoms with Gasteiger partial charge in [0.25, 0.3) is 5.91 Å². The van der Waals surface area contributed by atoms with Crippen LogP contribution in [0.2, 0.25) is 0 Å². The molecule has 0 bridgehead atoms. The minimum absolute atomic E-state index is 0.00779. The Morgan fingerprint density at radius 2 is 1.92 bits per heavy atom. The van der Waals surface area contributed by atoms with Gasteiger partial charge in [0.05, 0.1) is 17.3 Å². The van der Waals surface area contributed by atoms with Crippen LogP contribution >= 0.6 is 0 Å². The number of carbonyl (C=O) groups excluding carboxylic acids is 1. The van der Waals surface area contributed by atoms with Crippen molar-refractivity contribution in [2.75, 3.05) is 5.32 Å². The standard InChI is InChI=1S/C22H24N2O/c1-14(2)23-22(25)19-13-7-12-18-16-10-6-11-17(16)20(24-21(18)19)15-8-4-3-5-9-15/h3-10,12-14,16-17,20,24H,11H2,1-2H3,(H,23,25). The molecule has 2 aromatic carbocycles. The molecule has 1 aliphatic carbocycles. The van der Waals surface area contributed by atoms with Gasteiger partial charge in [0, 0.05) is 12.0 Å². The number of anilines is 1. The van der Waals surface area contributed by atoms with Gasteiger partial charge in [0.1, 0.15) is 0 Å². The van der Waals surface area contributed by atoms with Crippen molar-refractivity contribution in [1.29, 1.82) is 0 Å². The average Bonchev–Trinajstić information content (AvgIpc) is 3.10. The third kappa shape index (κ3) is 2.84. The molecule has 0 aromatic heterocycles. The van der Waals surface area contributed by atoms with Gasteiger partial charge in [-0.15, -0.1) is 0 Å². The van der Waals surface area contributed by atoms with Crippen LogP contribution in [-0.2, 0) is 0 Å². The van der Waals surface area contributed by atoms with E-state index < -0.39 is 0 Å². The largest absolute Gasteiger partial charge is 0.377 e. The van der Waals surface area contributed by atoms with E-state index in [1.807, 2.05) is 32.0 Å². The first-order valence-electron chi connectivity index (χ1n) is 9.07. The average molecular weight is 332 g/mol. The van der Waals surface area contributed by atoms with Crippen LogP contribution in [-0.4, -0.2) is 11.9 Å². The van der Waals surface area contributed by atoms with Crippen LogP contribution in [0.5, 0.6) is 0 Å². The minimum atomic E-state index is -0.00779. The van der Waals surface area contributed by atoms with Crippen molar-refractivity contribution >= 4 is 11.6 Å². The van der Waals surface area contributed by atoms with Crippen molar-refractivity contribution in [2.24, 2.45) is 5.92 Å². The van der Waals surface area contributed by atoms with E-state index in [1.54, 1.807) is 0 Å². The molecule has 3 heteroatoms. The quantitative estimate of drug-likeness (QED) is 0.803. The summed E-state index contributed by atoms with van der Waals surface area (Å²) in [4.78, 5) is 12.7. The van der Waals surface area contributed by atoms with E-state index in [0.29, 0.717) is 11.8 Å². The Morgan fingerprint density at radius 1 is 1.12 bits per heavy atom. The molecule has 0 fully saturated rings. The van der Waals surface area contributed by atoms with E-state index in [0.717, 1.165) is 17.7 Å². The second-order valence-corrected chi connectivity index (χ2v) is 7.28. The van der Waals surface area contributed by atoms with E-state index in [2.05, 4.69) is 53.1 Å². The smallest absolute Gasteiger partial charge is 0.253 e. The van der Waals surface area contributed by atoms with E-state index in [-0.39, 0.29) is 18.0 Å². The molecule has 1 heterocycles. The van der Waals surface area contributed by atoms with Gasteiger partial charge in [-0.1, -0.05) is 54.6 Å². The zero-order chi connectivity index (χ0) is 17.4. The molecule has 0 radical (unpaired) electrons. The third-order valence-corrected chi connectivity index (χ3v) is 5.22. The number of benzene rings is 2. The zero-order valence-corrected chi connectivity index (χ0v) is 14.7. The first kappa shape index (κ1) is 15.9. The van der Waals surface area contributed by atoms with Crippen LogP contribution in [0.3, 0.4) is 0 Å². The topological polar surface area (TPSA) is 41.1 Å². The predicted molar refractivity (Wildman–Crippen MR) is 102 cm³/mol. The maximum Gasteiger partial charge on any atom is 0.253 e. The Kier molecular flexibility index (Phi) is 4.08. The summed E-state index contributed by atoms with van der Waals surface area (Å²) in [6.45, 7) is 3.98. The Labute approximate surface area is 149 Å². The highest BCUT2D eigenvalue weighted by Crippen LogP contribution is 2.50. The fraction of sp³-hybridized carbons (Fsp3) is 0.318. The molecule has 3 atom stereocenters. The summed E-state index contributed by atoms with van der Waals surface area (Å²) in [5, 5.41) is 6.73. The van der Waals surface area contributed by atoms with Crippen molar-refractivity contribution in [3.8, 4) is 0 Å². The minimum Gasteiger partial charge on any atom is -0.377 e. The zero-order valence-electron chi connectivity index (χ0n) is 14.7. The van der Waals surface area contributed by atoms with Crippen LogP contribution < -0.4 is 10.6 Å². The lowest BCUT2D eigenvalue weighted by atomic mass is 9.76. The SMILES string of the molecule is CC(C)NC(=O)c1cccc2c1NC(c1ccccc1)C1CC=CC21. The molecule has 0 saturated carbocycles. The van der Waals surface area contributed by atoms with Gasteiger partial charge in [0.15, 0.2) is 0 Å². The highest BCUT2D eigenvalue weighted by Gasteiger charge is 2.39. The first-order chi connectivity index (χ1) is 12.1. The van der Waals surface area contributed by atoms with Crippen LogP contribution in [0, 0.1) is 5.92 Å². The monoisotopic (exact) mass is 332 g/mol. The molecule has 2 aliphatic rings. The lowest BCUT2D eigenvalue weighted by molar-refractivity contribution is 0.0943. The number of carbonyl (C=O) groups is 1. The molecule has 1 amide bonds. The summed E-state index contributed by atoms with van der Waals surface area (Å²) < 4.78 is 0. The number of amides is 1. The predicted octanol–water partition coefficient (Wildman–Crippen LogP) is 4.65. The Hall–Kier alpha value is -2.55. The van der Waals surface area contributed by atoms with Crippen LogP contribution in [0.1, 0.15) is 53.7 Å².